The van der Waals surface area contributed by atoms with Crippen LogP contribution in [0.5, 0.6) is 0 Å². The number of hydrogen-bond acceptors (Lipinski definition) is 7. The fourth-order valence-corrected chi connectivity index (χ4v) is 2.62. The van der Waals surface area contributed by atoms with Crippen molar-refractivity contribution in [2.45, 2.75) is 6.92 Å². The van der Waals surface area contributed by atoms with Gasteiger partial charge in [-0.1, -0.05) is 17.8 Å². The molecule has 19 heavy (non-hydrogen) atoms. The summed E-state index contributed by atoms with van der Waals surface area (Å²) in [6.45, 7) is 2.14. The second-order valence-corrected chi connectivity index (χ2v) is 5.42. The van der Waals surface area contributed by atoms with E-state index in [-0.39, 0.29) is 5.97 Å². The zero-order valence-electron chi connectivity index (χ0n) is 10.3. The Morgan fingerprint density at radius 1 is 1.68 bits per heavy atom. The molecule has 0 fully saturated rings. The predicted molar refractivity (Wildman–Crippen MR) is 79.7 cm³/mol. The molecule has 0 saturated heterocycles. The lowest BCUT2D eigenvalue weighted by atomic mass is 10.4. The van der Waals surface area contributed by atoms with Crippen LogP contribution in [0.25, 0.3) is 0 Å². The number of esters is 1. The monoisotopic (exact) mass is 295 g/mol. The van der Waals surface area contributed by atoms with Crippen molar-refractivity contribution in [1.82, 2.24) is 5.43 Å². The lowest BCUT2D eigenvalue weighted by molar-refractivity contribution is -0.137. The molecular weight excluding hydrogens is 282 g/mol. The molecule has 2 rings (SSSR count). The number of thioether (sulfide) groups is 1. The van der Waals surface area contributed by atoms with Gasteiger partial charge in [-0.15, -0.1) is 11.3 Å². The Labute approximate surface area is 119 Å². The van der Waals surface area contributed by atoms with E-state index in [9.17, 15) is 4.79 Å². The van der Waals surface area contributed by atoms with E-state index >= 15 is 0 Å². The van der Waals surface area contributed by atoms with Crippen molar-refractivity contribution in [2.75, 3.05) is 12.4 Å². The highest BCUT2D eigenvalue weighted by Crippen LogP contribution is 2.19. The third kappa shape index (κ3) is 4.53. The van der Waals surface area contributed by atoms with Gasteiger partial charge in [-0.25, -0.2) is 9.79 Å². The van der Waals surface area contributed by atoms with Crippen LogP contribution in [0.2, 0.25) is 0 Å². The van der Waals surface area contributed by atoms with Crippen LogP contribution in [-0.4, -0.2) is 29.7 Å². The Hall–Kier alpha value is -1.60. The van der Waals surface area contributed by atoms with Gasteiger partial charge in [0.15, 0.2) is 5.17 Å². The van der Waals surface area contributed by atoms with Gasteiger partial charge in [0.25, 0.3) is 0 Å². The maximum absolute atomic E-state index is 11.2. The molecule has 0 aromatic carbocycles. The Kier molecular flexibility index (Phi) is 5.17. The largest absolute Gasteiger partial charge is 0.463 e. The number of nitrogens with zero attached hydrogens (tertiary/aromatic N) is 2. The van der Waals surface area contributed by atoms with Crippen LogP contribution < -0.4 is 5.43 Å². The molecule has 0 unspecified atom stereocenters. The molecule has 0 amide bonds. The van der Waals surface area contributed by atoms with Gasteiger partial charge in [-0.2, -0.15) is 5.10 Å². The molecule has 0 saturated carbocycles. The van der Waals surface area contributed by atoms with Crippen molar-refractivity contribution in [3.8, 4) is 0 Å². The number of hydrazone groups is 1. The van der Waals surface area contributed by atoms with Gasteiger partial charge in [-0.3, -0.25) is 5.43 Å². The molecule has 100 valence electrons. The summed E-state index contributed by atoms with van der Waals surface area (Å²) in [7, 11) is 0. The van der Waals surface area contributed by atoms with E-state index in [1.54, 1.807) is 24.5 Å². The zero-order valence-corrected chi connectivity index (χ0v) is 12.0. The number of carbonyl (C=O) groups excluding carboxylic acids is 1. The van der Waals surface area contributed by atoms with Gasteiger partial charge in [-0.05, 0) is 18.4 Å². The first-order chi connectivity index (χ1) is 9.28. The van der Waals surface area contributed by atoms with E-state index in [0.29, 0.717) is 23.2 Å². The van der Waals surface area contributed by atoms with Gasteiger partial charge >= 0.3 is 5.97 Å². The first-order valence-corrected chi connectivity index (χ1v) is 7.56. The molecule has 0 spiro atoms. The summed E-state index contributed by atoms with van der Waals surface area (Å²) in [4.78, 5) is 16.6. The number of aliphatic imine (C=N–C) groups is 1. The van der Waals surface area contributed by atoms with Gasteiger partial charge in [0.05, 0.1) is 18.5 Å². The van der Waals surface area contributed by atoms with Crippen LogP contribution in [0.15, 0.2) is 39.4 Å². The SMILES string of the molecule is CCOC(=O)/C=C1/CSC(N/N=C/c2cccs2)=N1. The molecular formula is C12H13N3O2S2. The number of carbonyl (C=O) groups is 1. The second-order valence-electron chi connectivity index (χ2n) is 3.48. The van der Waals surface area contributed by atoms with Crippen LogP contribution in [-0.2, 0) is 9.53 Å². The summed E-state index contributed by atoms with van der Waals surface area (Å²) in [5.41, 5.74) is 3.54. The number of hydrogen-bond donors (Lipinski definition) is 1. The third-order valence-electron chi connectivity index (χ3n) is 2.07. The maximum atomic E-state index is 11.2. The summed E-state index contributed by atoms with van der Waals surface area (Å²) in [6, 6.07) is 3.94. The van der Waals surface area contributed by atoms with Crippen LogP contribution in [0.4, 0.5) is 0 Å². The molecule has 0 aliphatic carbocycles. The Morgan fingerprint density at radius 3 is 3.32 bits per heavy atom. The Balaban J connectivity index is 1.87. The molecule has 1 aliphatic rings. The third-order valence-corrected chi connectivity index (χ3v) is 3.77. The lowest BCUT2D eigenvalue weighted by Crippen LogP contribution is -2.11. The van der Waals surface area contributed by atoms with E-state index in [1.807, 2.05) is 17.5 Å². The van der Waals surface area contributed by atoms with Crippen molar-refractivity contribution in [1.29, 1.82) is 0 Å². The molecule has 0 radical (unpaired) electrons. The summed E-state index contributed by atoms with van der Waals surface area (Å²) < 4.78 is 4.83. The average Bonchev–Trinajstić information content (AvgIpc) is 3.01. The highest BCUT2D eigenvalue weighted by atomic mass is 32.2. The fraction of sp³-hybridized carbons (Fsp3) is 0.250. The van der Waals surface area contributed by atoms with E-state index in [2.05, 4.69) is 15.5 Å². The fourth-order valence-electron chi connectivity index (χ4n) is 1.30. The van der Waals surface area contributed by atoms with E-state index < -0.39 is 0 Å². The maximum Gasteiger partial charge on any atom is 0.332 e. The molecule has 1 aromatic rings. The van der Waals surface area contributed by atoms with Gasteiger partial charge in [0.2, 0.25) is 0 Å². The standard InChI is InChI=1S/C12H13N3O2S2/c1-2-17-11(16)6-9-8-19-12(14-9)15-13-7-10-4-3-5-18-10/h3-7H,2,8H2,1H3,(H,14,15)/b9-6-,13-7+. The summed E-state index contributed by atoms with van der Waals surface area (Å²) in [5.74, 6) is 0.292. The van der Waals surface area contributed by atoms with Crippen molar-refractivity contribution in [3.63, 3.8) is 0 Å². The molecule has 1 aromatic heterocycles. The minimum atomic E-state index is -0.356. The molecule has 5 nitrogen and oxygen atoms in total. The Morgan fingerprint density at radius 2 is 2.58 bits per heavy atom. The normalized spacial score (nSPS) is 16.9. The molecule has 2 heterocycles. The van der Waals surface area contributed by atoms with Gasteiger partial charge in [0, 0.05) is 16.7 Å². The zero-order chi connectivity index (χ0) is 13.5. The van der Waals surface area contributed by atoms with Crippen molar-refractivity contribution in [2.24, 2.45) is 10.1 Å². The topological polar surface area (TPSA) is 63.0 Å². The highest BCUT2D eigenvalue weighted by Gasteiger charge is 2.13. The quantitative estimate of drug-likeness (QED) is 0.400. The minimum absolute atomic E-state index is 0.356. The van der Waals surface area contributed by atoms with E-state index in [1.165, 1.54) is 17.8 Å². The molecule has 7 heteroatoms. The average molecular weight is 295 g/mol. The number of nitrogens with one attached hydrogen (secondary N) is 1. The summed E-state index contributed by atoms with van der Waals surface area (Å²) >= 11 is 3.11. The lowest BCUT2D eigenvalue weighted by Gasteiger charge is -1.95. The first-order valence-electron chi connectivity index (χ1n) is 5.69. The minimum Gasteiger partial charge on any atom is -0.463 e. The second kappa shape index (κ2) is 7.10. The molecule has 0 bridgehead atoms. The number of thiophene rings is 1. The van der Waals surface area contributed by atoms with Crippen LogP contribution >= 0.6 is 23.1 Å². The summed E-state index contributed by atoms with van der Waals surface area (Å²) in [5, 5.41) is 6.76. The predicted octanol–water partition coefficient (Wildman–Crippen LogP) is 2.22. The van der Waals surface area contributed by atoms with E-state index in [4.69, 9.17) is 4.74 Å². The highest BCUT2D eigenvalue weighted by molar-refractivity contribution is 8.14. The van der Waals surface area contributed by atoms with Gasteiger partial charge < -0.3 is 4.74 Å². The Bertz CT molecular complexity index is 521. The summed E-state index contributed by atoms with van der Waals surface area (Å²) in [6.07, 6.45) is 3.15. The van der Waals surface area contributed by atoms with Crippen molar-refractivity contribution >= 4 is 40.5 Å². The molecule has 0 atom stereocenters. The smallest absolute Gasteiger partial charge is 0.332 e. The first kappa shape index (κ1) is 13.8. The molecule has 1 N–H and O–H groups in total. The number of rotatable bonds is 4. The van der Waals surface area contributed by atoms with Crippen LogP contribution in [0.1, 0.15) is 11.8 Å². The van der Waals surface area contributed by atoms with Crippen molar-refractivity contribution in [3.05, 3.63) is 34.2 Å². The molecule has 1 aliphatic heterocycles. The van der Waals surface area contributed by atoms with E-state index in [0.717, 1.165) is 4.88 Å². The number of amidine groups is 1. The van der Waals surface area contributed by atoms with Crippen LogP contribution in [0, 0.1) is 0 Å². The van der Waals surface area contributed by atoms with Crippen molar-refractivity contribution < 1.29 is 9.53 Å². The number of ether oxygens (including phenoxy) is 1. The van der Waals surface area contributed by atoms with Gasteiger partial charge in [0.1, 0.15) is 0 Å². The van der Waals surface area contributed by atoms with Crippen LogP contribution in [0.3, 0.4) is 0 Å².